The van der Waals surface area contributed by atoms with Crippen molar-refractivity contribution in [3.05, 3.63) is 0 Å². The predicted molar refractivity (Wildman–Crippen MR) is 69.7 cm³/mol. The molecule has 0 saturated carbocycles. The fourth-order valence-electron chi connectivity index (χ4n) is 1.42. The van der Waals surface area contributed by atoms with Crippen LogP contribution in [0, 0.1) is 5.92 Å². The highest BCUT2D eigenvalue weighted by atomic mass is 16.7. The van der Waals surface area contributed by atoms with Gasteiger partial charge in [0.15, 0.2) is 0 Å². The van der Waals surface area contributed by atoms with Gasteiger partial charge < -0.3 is 9.84 Å². The first-order chi connectivity index (χ1) is 7.70. The number of hydroxylamine groups is 1. The van der Waals surface area contributed by atoms with Crippen LogP contribution in [0.25, 0.3) is 0 Å². The number of ether oxygens (including phenoxy) is 1. The van der Waals surface area contributed by atoms with Crippen molar-refractivity contribution in [3.8, 4) is 0 Å². The minimum atomic E-state index is -0.535. The van der Waals surface area contributed by atoms with Gasteiger partial charge in [0.05, 0.1) is 24.4 Å². The maximum absolute atomic E-state index is 9.66. The molecule has 2 N–H and O–H groups in total. The van der Waals surface area contributed by atoms with Crippen LogP contribution in [-0.4, -0.2) is 36.1 Å². The van der Waals surface area contributed by atoms with Gasteiger partial charge in [-0.2, -0.15) is 5.48 Å². The Morgan fingerprint density at radius 1 is 1.18 bits per heavy atom. The molecule has 4 heteroatoms. The van der Waals surface area contributed by atoms with Crippen molar-refractivity contribution in [2.45, 2.75) is 65.8 Å². The van der Waals surface area contributed by atoms with E-state index in [9.17, 15) is 5.11 Å². The lowest BCUT2D eigenvalue weighted by Gasteiger charge is -2.22. The molecule has 0 aromatic carbocycles. The molecule has 0 aromatic rings. The van der Waals surface area contributed by atoms with Gasteiger partial charge in [0, 0.05) is 6.54 Å². The molecule has 0 radical (unpaired) electrons. The third-order valence-corrected chi connectivity index (χ3v) is 2.07. The molecule has 17 heavy (non-hydrogen) atoms. The SMILES string of the molecule is CC(C)CC(C)OCC(O)CNOC(C)(C)C. The molecule has 0 aliphatic carbocycles. The summed E-state index contributed by atoms with van der Waals surface area (Å²) in [5.41, 5.74) is 2.52. The lowest BCUT2D eigenvalue weighted by Crippen LogP contribution is -2.36. The van der Waals surface area contributed by atoms with Gasteiger partial charge in [0.2, 0.25) is 0 Å². The molecule has 0 saturated heterocycles. The van der Waals surface area contributed by atoms with Crippen LogP contribution in [0.5, 0.6) is 0 Å². The van der Waals surface area contributed by atoms with Crippen molar-refractivity contribution in [1.82, 2.24) is 5.48 Å². The number of hydrogen-bond acceptors (Lipinski definition) is 4. The van der Waals surface area contributed by atoms with Crippen LogP contribution >= 0.6 is 0 Å². The third kappa shape index (κ3) is 12.1. The Hall–Kier alpha value is -0.160. The number of nitrogens with one attached hydrogen (secondary N) is 1. The quantitative estimate of drug-likeness (QED) is 0.645. The molecule has 4 nitrogen and oxygen atoms in total. The van der Waals surface area contributed by atoms with E-state index in [0.29, 0.717) is 19.1 Å². The first kappa shape index (κ1) is 16.8. The Kier molecular flexibility index (Phi) is 7.96. The highest BCUT2D eigenvalue weighted by Gasteiger charge is 2.13. The van der Waals surface area contributed by atoms with E-state index in [2.05, 4.69) is 19.3 Å². The fourth-order valence-corrected chi connectivity index (χ4v) is 1.42. The van der Waals surface area contributed by atoms with E-state index in [1.165, 1.54) is 0 Å². The lowest BCUT2D eigenvalue weighted by atomic mass is 10.1. The van der Waals surface area contributed by atoms with E-state index in [1.54, 1.807) is 0 Å². The van der Waals surface area contributed by atoms with Crippen LogP contribution in [0.3, 0.4) is 0 Å². The van der Waals surface area contributed by atoms with Crippen LogP contribution in [0.2, 0.25) is 0 Å². The van der Waals surface area contributed by atoms with Gasteiger partial charge in [-0.25, -0.2) is 0 Å². The van der Waals surface area contributed by atoms with Gasteiger partial charge in [0.25, 0.3) is 0 Å². The summed E-state index contributed by atoms with van der Waals surface area (Å²) in [6, 6.07) is 0. The molecule has 0 fully saturated rings. The minimum Gasteiger partial charge on any atom is -0.389 e. The summed E-state index contributed by atoms with van der Waals surface area (Å²) in [7, 11) is 0. The summed E-state index contributed by atoms with van der Waals surface area (Å²) in [5.74, 6) is 0.615. The second-order valence-electron chi connectivity index (χ2n) is 5.99. The molecule has 0 aliphatic rings. The third-order valence-electron chi connectivity index (χ3n) is 2.07. The van der Waals surface area contributed by atoms with Crippen molar-refractivity contribution < 1.29 is 14.7 Å². The highest BCUT2D eigenvalue weighted by molar-refractivity contribution is 4.61. The van der Waals surface area contributed by atoms with Crippen LogP contribution in [0.4, 0.5) is 0 Å². The van der Waals surface area contributed by atoms with Gasteiger partial charge >= 0.3 is 0 Å². The average Bonchev–Trinajstić information content (AvgIpc) is 2.11. The predicted octanol–water partition coefficient (Wildman–Crippen LogP) is 2.12. The summed E-state index contributed by atoms with van der Waals surface area (Å²) >= 11 is 0. The second kappa shape index (κ2) is 8.03. The Morgan fingerprint density at radius 3 is 2.24 bits per heavy atom. The van der Waals surface area contributed by atoms with Crippen LogP contribution in [0.1, 0.15) is 48.0 Å². The number of rotatable bonds is 8. The van der Waals surface area contributed by atoms with Gasteiger partial charge in [-0.1, -0.05) is 13.8 Å². The average molecular weight is 247 g/mol. The molecular formula is C13H29NO3. The molecule has 104 valence electrons. The van der Waals surface area contributed by atoms with E-state index < -0.39 is 6.10 Å². The molecule has 0 amide bonds. The van der Waals surface area contributed by atoms with E-state index in [1.807, 2.05) is 27.7 Å². The summed E-state index contributed by atoms with van der Waals surface area (Å²) in [5, 5.41) is 9.66. The zero-order valence-electron chi connectivity index (χ0n) is 12.1. The Balaban J connectivity index is 3.56. The summed E-state index contributed by atoms with van der Waals surface area (Å²) in [6.45, 7) is 12.9. The van der Waals surface area contributed by atoms with Gasteiger partial charge in [-0.3, -0.25) is 4.84 Å². The normalized spacial score (nSPS) is 16.2. The minimum absolute atomic E-state index is 0.188. The smallest absolute Gasteiger partial charge is 0.0921 e. The van der Waals surface area contributed by atoms with Crippen LogP contribution in [0.15, 0.2) is 0 Å². The number of aliphatic hydroxyl groups excluding tert-OH is 1. The van der Waals surface area contributed by atoms with Gasteiger partial charge in [0.1, 0.15) is 0 Å². The molecule has 0 spiro atoms. The molecule has 2 atom stereocenters. The van der Waals surface area contributed by atoms with Crippen molar-refractivity contribution in [2.24, 2.45) is 5.92 Å². The first-order valence-corrected chi connectivity index (χ1v) is 6.41. The molecule has 0 bridgehead atoms. The van der Waals surface area contributed by atoms with Gasteiger partial charge in [-0.15, -0.1) is 0 Å². The van der Waals surface area contributed by atoms with Crippen molar-refractivity contribution in [2.75, 3.05) is 13.2 Å². The fraction of sp³-hybridized carbons (Fsp3) is 1.00. The van der Waals surface area contributed by atoms with Crippen molar-refractivity contribution in [1.29, 1.82) is 0 Å². The summed E-state index contributed by atoms with van der Waals surface area (Å²) in [4.78, 5) is 5.31. The van der Waals surface area contributed by atoms with Gasteiger partial charge in [-0.05, 0) is 40.0 Å². The Morgan fingerprint density at radius 2 is 1.76 bits per heavy atom. The van der Waals surface area contributed by atoms with E-state index >= 15 is 0 Å². The topological polar surface area (TPSA) is 50.7 Å². The summed E-state index contributed by atoms with van der Waals surface area (Å²) in [6.07, 6.45) is 0.665. The summed E-state index contributed by atoms with van der Waals surface area (Å²) < 4.78 is 5.55. The molecule has 0 rings (SSSR count). The number of hydrogen-bond donors (Lipinski definition) is 2. The van der Waals surface area contributed by atoms with E-state index in [0.717, 1.165) is 6.42 Å². The largest absolute Gasteiger partial charge is 0.389 e. The zero-order chi connectivity index (χ0) is 13.5. The Labute approximate surface area is 106 Å². The maximum Gasteiger partial charge on any atom is 0.0921 e. The first-order valence-electron chi connectivity index (χ1n) is 6.41. The zero-order valence-corrected chi connectivity index (χ0v) is 12.1. The van der Waals surface area contributed by atoms with Crippen LogP contribution in [-0.2, 0) is 9.57 Å². The number of aliphatic hydroxyl groups is 1. The molecular weight excluding hydrogens is 218 g/mol. The standard InChI is InChI=1S/C13H29NO3/c1-10(2)7-11(3)16-9-12(15)8-14-17-13(4,5)6/h10-12,14-15H,7-9H2,1-6H3. The second-order valence-corrected chi connectivity index (χ2v) is 5.99. The Bertz CT molecular complexity index is 190. The molecule has 2 unspecified atom stereocenters. The lowest BCUT2D eigenvalue weighted by molar-refractivity contribution is -0.0930. The highest BCUT2D eigenvalue weighted by Crippen LogP contribution is 2.08. The molecule has 0 aliphatic heterocycles. The van der Waals surface area contributed by atoms with E-state index in [4.69, 9.17) is 9.57 Å². The van der Waals surface area contributed by atoms with Crippen molar-refractivity contribution in [3.63, 3.8) is 0 Å². The van der Waals surface area contributed by atoms with Crippen LogP contribution < -0.4 is 5.48 Å². The van der Waals surface area contributed by atoms with Crippen molar-refractivity contribution >= 4 is 0 Å². The maximum atomic E-state index is 9.66. The molecule has 0 heterocycles. The molecule has 0 aromatic heterocycles. The monoisotopic (exact) mass is 247 g/mol. The van der Waals surface area contributed by atoms with E-state index in [-0.39, 0.29) is 11.7 Å².